The second-order valence-corrected chi connectivity index (χ2v) is 6.63. The molecule has 0 aliphatic heterocycles. The fraction of sp³-hybridized carbons (Fsp3) is 0.647. The summed E-state index contributed by atoms with van der Waals surface area (Å²) in [6.45, 7) is 4.52. The van der Waals surface area contributed by atoms with Crippen LogP contribution in [0.1, 0.15) is 68.9 Å². The third-order valence-electron chi connectivity index (χ3n) is 4.42. The van der Waals surface area contributed by atoms with Gasteiger partial charge < -0.3 is 0 Å². The highest BCUT2D eigenvalue weighted by Gasteiger charge is 2.24. The van der Waals surface area contributed by atoms with Crippen molar-refractivity contribution in [3.63, 3.8) is 0 Å². The highest BCUT2D eigenvalue weighted by molar-refractivity contribution is 9.09. The molecule has 1 saturated carbocycles. The Balaban J connectivity index is 2.11. The van der Waals surface area contributed by atoms with Crippen molar-refractivity contribution in [2.75, 3.05) is 5.33 Å². The van der Waals surface area contributed by atoms with Gasteiger partial charge >= 0.3 is 0 Å². The van der Waals surface area contributed by atoms with Gasteiger partial charge in [-0.25, -0.2) is 0 Å². The molecule has 0 heterocycles. The zero-order chi connectivity index (χ0) is 13.0. The molecule has 18 heavy (non-hydrogen) atoms. The van der Waals surface area contributed by atoms with Gasteiger partial charge in [0.25, 0.3) is 0 Å². The number of benzene rings is 1. The molecule has 2 rings (SSSR count). The maximum atomic E-state index is 3.74. The van der Waals surface area contributed by atoms with E-state index in [2.05, 4.69) is 54.0 Å². The van der Waals surface area contributed by atoms with Crippen LogP contribution in [0.4, 0.5) is 0 Å². The Hall–Kier alpha value is -0.300. The molecular formula is C17H25Br. The molecule has 0 nitrogen and oxygen atoms in total. The van der Waals surface area contributed by atoms with Gasteiger partial charge in [-0.05, 0) is 41.7 Å². The molecule has 0 spiro atoms. The molecule has 1 aliphatic rings. The number of halogens is 1. The van der Waals surface area contributed by atoms with E-state index in [0.29, 0.717) is 11.8 Å². The van der Waals surface area contributed by atoms with E-state index < -0.39 is 0 Å². The van der Waals surface area contributed by atoms with E-state index >= 15 is 0 Å². The Morgan fingerprint density at radius 1 is 1.00 bits per heavy atom. The van der Waals surface area contributed by atoms with Gasteiger partial charge in [0, 0.05) is 5.33 Å². The molecule has 1 aromatic rings. The molecule has 0 saturated heterocycles. The second kappa shape index (κ2) is 6.75. The monoisotopic (exact) mass is 308 g/mol. The van der Waals surface area contributed by atoms with Gasteiger partial charge in [-0.2, -0.15) is 0 Å². The van der Waals surface area contributed by atoms with E-state index in [-0.39, 0.29) is 0 Å². The normalized spacial score (nSPS) is 19.1. The maximum Gasteiger partial charge on any atom is 0.0103 e. The highest BCUT2D eigenvalue weighted by atomic mass is 79.9. The number of hydrogen-bond acceptors (Lipinski definition) is 0. The summed E-state index contributed by atoms with van der Waals surface area (Å²) in [4.78, 5) is 0. The Kier molecular flexibility index (Phi) is 5.29. The summed E-state index contributed by atoms with van der Waals surface area (Å²) in [5, 5.41) is 1.11. The molecule has 100 valence electrons. The van der Waals surface area contributed by atoms with Crippen LogP contribution in [0.5, 0.6) is 0 Å². The topological polar surface area (TPSA) is 0 Å². The van der Waals surface area contributed by atoms with Crippen molar-refractivity contribution in [2.24, 2.45) is 5.92 Å². The molecular weight excluding hydrogens is 284 g/mol. The number of hydrogen-bond donors (Lipinski definition) is 0. The van der Waals surface area contributed by atoms with E-state index in [0.717, 1.165) is 11.2 Å². The number of alkyl halides is 1. The van der Waals surface area contributed by atoms with Gasteiger partial charge in [0.1, 0.15) is 0 Å². The zero-order valence-electron chi connectivity index (χ0n) is 11.7. The van der Waals surface area contributed by atoms with Crippen LogP contribution in [-0.2, 0) is 0 Å². The van der Waals surface area contributed by atoms with Crippen molar-refractivity contribution in [3.05, 3.63) is 35.4 Å². The summed E-state index contributed by atoms with van der Waals surface area (Å²) in [5.74, 6) is 2.24. The predicted octanol–water partition coefficient (Wildman–Crippen LogP) is 5.87. The number of rotatable bonds is 4. The van der Waals surface area contributed by atoms with Crippen LogP contribution in [-0.4, -0.2) is 5.33 Å². The summed E-state index contributed by atoms with van der Waals surface area (Å²) in [7, 11) is 0. The minimum atomic E-state index is 0.635. The Labute approximate surface area is 120 Å². The lowest BCUT2D eigenvalue weighted by atomic mass is 9.77. The summed E-state index contributed by atoms with van der Waals surface area (Å²) in [6, 6.07) is 9.35. The van der Waals surface area contributed by atoms with E-state index in [1.54, 1.807) is 0 Å². The van der Waals surface area contributed by atoms with Gasteiger partial charge in [-0.15, -0.1) is 0 Å². The fourth-order valence-electron chi connectivity index (χ4n) is 3.15. The first-order valence-electron chi connectivity index (χ1n) is 7.38. The van der Waals surface area contributed by atoms with Crippen molar-refractivity contribution in [1.29, 1.82) is 0 Å². The SMILES string of the molecule is CC(C)c1ccc(C(CBr)C2CCCCC2)cc1. The minimum Gasteiger partial charge on any atom is -0.0921 e. The first kappa shape index (κ1) is 14.1. The van der Waals surface area contributed by atoms with Crippen LogP contribution >= 0.6 is 15.9 Å². The van der Waals surface area contributed by atoms with Gasteiger partial charge in [-0.1, -0.05) is 73.3 Å². The van der Waals surface area contributed by atoms with Crippen molar-refractivity contribution in [3.8, 4) is 0 Å². The fourth-order valence-corrected chi connectivity index (χ4v) is 4.05. The van der Waals surface area contributed by atoms with E-state index in [1.165, 1.54) is 43.2 Å². The van der Waals surface area contributed by atoms with Crippen molar-refractivity contribution >= 4 is 15.9 Å². The molecule has 1 atom stereocenters. The molecule has 0 aromatic heterocycles. The minimum absolute atomic E-state index is 0.635. The van der Waals surface area contributed by atoms with Crippen LogP contribution in [0.2, 0.25) is 0 Å². The summed E-state index contributed by atoms with van der Waals surface area (Å²) in [6.07, 6.45) is 7.14. The molecule has 0 N–H and O–H groups in total. The summed E-state index contributed by atoms with van der Waals surface area (Å²) in [5.41, 5.74) is 2.99. The van der Waals surface area contributed by atoms with Crippen LogP contribution in [0.3, 0.4) is 0 Å². The molecule has 1 heteroatoms. The van der Waals surface area contributed by atoms with Gasteiger partial charge in [0.05, 0.1) is 0 Å². The third-order valence-corrected chi connectivity index (χ3v) is 5.11. The third kappa shape index (κ3) is 3.38. The van der Waals surface area contributed by atoms with Gasteiger partial charge in [-0.3, -0.25) is 0 Å². The lowest BCUT2D eigenvalue weighted by Crippen LogP contribution is -2.17. The molecule has 1 aliphatic carbocycles. The standard InChI is InChI=1S/C17H25Br/c1-13(2)14-8-10-16(11-9-14)17(12-18)15-6-4-3-5-7-15/h8-11,13,15,17H,3-7,12H2,1-2H3. The van der Waals surface area contributed by atoms with E-state index in [1.807, 2.05) is 0 Å². The quantitative estimate of drug-likeness (QED) is 0.610. The summed E-state index contributed by atoms with van der Waals surface area (Å²) >= 11 is 3.74. The van der Waals surface area contributed by atoms with Crippen molar-refractivity contribution < 1.29 is 0 Å². The van der Waals surface area contributed by atoms with E-state index in [9.17, 15) is 0 Å². The molecule has 1 aromatic carbocycles. The Morgan fingerprint density at radius 3 is 2.06 bits per heavy atom. The largest absolute Gasteiger partial charge is 0.0921 e. The molecule has 0 amide bonds. The van der Waals surface area contributed by atoms with E-state index in [4.69, 9.17) is 0 Å². The van der Waals surface area contributed by atoms with Crippen LogP contribution < -0.4 is 0 Å². The van der Waals surface area contributed by atoms with Gasteiger partial charge in [0.15, 0.2) is 0 Å². The summed E-state index contributed by atoms with van der Waals surface area (Å²) < 4.78 is 0. The molecule has 1 unspecified atom stereocenters. The first-order chi connectivity index (χ1) is 8.72. The Bertz CT molecular complexity index is 346. The zero-order valence-corrected chi connectivity index (χ0v) is 13.2. The molecule has 0 radical (unpaired) electrons. The maximum absolute atomic E-state index is 3.74. The van der Waals surface area contributed by atoms with Crippen molar-refractivity contribution in [1.82, 2.24) is 0 Å². The average Bonchev–Trinajstić information content (AvgIpc) is 2.41. The highest BCUT2D eigenvalue weighted by Crippen LogP contribution is 2.37. The molecule has 1 fully saturated rings. The van der Waals surface area contributed by atoms with Crippen LogP contribution in [0.25, 0.3) is 0 Å². The lowest BCUT2D eigenvalue weighted by molar-refractivity contribution is 0.319. The van der Waals surface area contributed by atoms with Crippen molar-refractivity contribution in [2.45, 2.75) is 57.8 Å². The predicted molar refractivity (Wildman–Crippen MR) is 83.6 cm³/mol. The Morgan fingerprint density at radius 2 is 1.56 bits per heavy atom. The van der Waals surface area contributed by atoms with Gasteiger partial charge in [0.2, 0.25) is 0 Å². The van der Waals surface area contributed by atoms with Crippen LogP contribution in [0, 0.1) is 5.92 Å². The lowest BCUT2D eigenvalue weighted by Gasteiger charge is -2.29. The molecule has 0 bridgehead atoms. The smallest absolute Gasteiger partial charge is 0.0103 e. The second-order valence-electron chi connectivity index (χ2n) is 5.98. The van der Waals surface area contributed by atoms with Crippen LogP contribution in [0.15, 0.2) is 24.3 Å². The first-order valence-corrected chi connectivity index (χ1v) is 8.50. The average molecular weight is 309 g/mol.